The second kappa shape index (κ2) is 10.9. The van der Waals surface area contributed by atoms with Gasteiger partial charge >= 0.3 is 0 Å². The van der Waals surface area contributed by atoms with Crippen molar-refractivity contribution < 1.29 is 19.4 Å². The Hall–Kier alpha value is -2.82. The van der Waals surface area contributed by atoms with Gasteiger partial charge < -0.3 is 19.5 Å². The van der Waals surface area contributed by atoms with Crippen LogP contribution in [0.4, 0.5) is 5.69 Å². The molecular weight excluding hydrogens is 282 g/mol. The summed E-state index contributed by atoms with van der Waals surface area (Å²) in [5.41, 5.74) is 1.83. The first kappa shape index (κ1) is 19.2. The average molecular weight is 303 g/mol. The van der Waals surface area contributed by atoms with E-state index in [0.29, 0.717) is 5.75 Å². The van der Waals surface area contributed by atoms with E-state index in [2.05, 4.69) is 0 Å². The Balaban J connectivity index is 0.000000366. The van der Waals surface area contributed by atoms with Crippen LogP contribution >= 0.6 is 0 Å². The maximum Gasteiger partial charge on any atom is 0.160 e. The van der Waals surface area contributed by atoms with Gasteiger partial charge in [0.2, 0.25) is 0 Å². The van der Waals surface area contributed by atoms with Crippen molar-refractivity contribution in [3.63, 3.8) is 0 Å². The molecule has 2 rings (SSSR count). The van der Waals surface area contributed by atoms with Crippen molar-refractivity contribution in [2.24, 2.45) is 0 Å². The number of aromatic hydroxyl groups is 1. The zero-order chi connectivity index (χ0) is 17.0. The molecule has 0 unspecified atom stereocenters. The highest BCUT2D eigenvalue weighted by atomic mass is 16.5. The fraction of sp³-hybridized carbons (Fsp3) is 0.176. The number of aldehydes is 1. The molecule has 0 atom stereocenters. The second-order valence-corrected chi connectivity index (χ2v) is 4.28. The lowest BCUT2D eigenvalue weighted by atomic mass is 10.2. The standard InChI is InChI=1S/C9H11NO.C7H8O2.CH2O/c1-10(2)9-5-3-8(7-11)4-6-9;1-9-7-5-3-2-4-6(7)8;1-2/h3-7H,1-2H3;2-5,8H,1H3;1H2. The first-order chi connectivity index (χ1) is 10.6. The largest absolute Gasteiger partial charge is 0.504 e. The van der Waals surface area contributed by atoms with Gasteiger partial charge in [-0.15, -0.1) is 0 Å². The fourth-order valence-corrected chi connectivity index (χ4v) is 1.48. The number of hydrogen-bond acceptors (Lipinski definition) is 5. The molecule has 2 aromatic carbocycles. The van der Waals surface area contributed by atoms with Crippen LogP contribution in [0, 0.1) is 0 Å². The Bertz CT molecular complexity index is 553. The molecule has 0 amide bonds. The number of rotatable bonds is 3. The number of carbonyl (C=O) groups excluding carboxylic acids is 2. The van der Waals surface area contributed by atoms with Gasteiger partial charge in [-0.25, -0.2) is 0 Å². The second-order valence-electron chi connectivity index (χ2n) is 4.28. The molecule has 22 heavy (non-hydrogen) atoms. The predicted octanol–water partition coefficient (Wildman–Crippen LogP) is 2.78. The summed E-state index contributed by atoms with van der Waals surface area (Å²) < 4.78 is 4.79. The number of benzene rings is 2. The highest BCUT2D eigenvalue weighted by Gasteiger charge is 1.94. The summed E-state index contributed by atoms with van der Waals surface area (Å²) in [6.45, 7) is 2.00. The van der Waals surface area contributed by atoms with Gasteiger partial charge in [0.1, 0.15) is 13.1 Å². The van der Waals surface area contributed by atoms with Crippen LogP contribution in [0.3, 0.4) is 0 Å². The first-order valence-electron chi connectivity index (χ1n) is 6.42. The van der Waals surface area contributed by atoms with Crippen molar-refractivity contribution in [3.8, 4) is 11.5 Å². The van der Waals surface area contributed by atoms with E-state index in [1.54, 1.807) is 24.3 Å². The van der Waals surface area contributed by atoms with E-state index in [9.17, 15) is 4.79 Å². The van der Waals surface area contributed by atoms with E-state index < -0.39 is 0 Å². The minimum atomic E-state index is 0.181. The van der Waals surface area contributed by atoms with Crippen molar-refractivity contribution in [1.82, 2.24) is 0 Å². The third-order valence-corrected chi connectivity index (χ3v) is 2.63. The van der Waals surface area contributed by atoms with Crippen molar-refractivity contribution in [2.75, 3.05) is 26.1 Å². The number of nitrogens with zero attached hydrogens (tertiary/aromatic N) is 1. The molecule has 5 nitrogen and oxygen atoms in total. The Morgan fingerprint density at radius 3 is 1.95 bits per heavy atom. The molecule has 0 saturated heterocycles. The van der Waals surface area contributed by atoms with Crippen LogP contribution in [0.15, 0.2) is 48.5 Å². The van der Waals surface area contributed by atoms with Gasteiger partial charge in [-0.1, -0.05) is 12.1 Å². The number of carbonyl (C=O) groups is 2. The smallest absolute Gasteiger partial charge is 0.160 e. The van der Waals surface area contributed by atoms with E-state index in [0.717, 1.165) is 17.5 Å². The van der Waals surface area contributed by atoms with Gasteiger partial charge in [0.15, 0.2) is 11.5 Å². The van der Waals surface area contributed by atoms with Crippen LogP contribution in [-0.2, 0) is 4.79 Å². The van der Waals surface area contributed by atoms with Gasteiger partial charge in [0, 0.05) is 25.3 Å². The number of methoxy groups -OCH3 is 1. The molecular formula is C17H21NO4. The lowest BCUT2D eigenvalue weighted by Crippen LogP contribution is -2.08. The molecule has 0 saturated carbocycles. The number of ether oxygens (including phenoxy) is 1. The molecule has 2 aromatic rings. The summed E-state index contributed by atoms with van der Waals surface area (Å²) in [5.74, 6) is 0.692. The summed E-state index contributed by atoms with van der Waals surface area (Å²) in [4.78, 5) is 20.3. The van der Waals surface area contributed by atoms with Crippen LogP contribution in [-0.4, -0.2) is 39.4 Å². The Morgan fingerprint density at radius 2 is 1.59 bits per heavy atom. The summed E-state index contributed by atoms with van der Waals surface area (Å²) in [6, 6.07) is 14.3. The van der Waals surface area contributed by atoms with Crippen LogP contribution in [0.2, 0.25) is 0 Å². The molecule has 0 aromatic heterocycles. The fourth-order valence-electron chi connectivity index (χ4n) is 1.48. The summed E-state index contributed by atoms with van der Waals surface area (Å²) in [7, 11) is 5.46. The minimum Gasteiger partial charge on any atom is -0.504 e. The molecule has 0 aliphatic heterocycles. The van der Waals surface area contributed by atoms with Gasteiger partial charge in [-0.05, 0) is 36.4 Å². The van der Waals surface area contributed by atoms with E-state index >= 15 is 0 Å². The van der Waals surface area contributed by atoms with E-state index in [4.69, 9.17) is 14.6 Å². The van der Waals surface area contributed by atoms with Gasteiger partial charge in [0.05, 0.1) is 7.11 Å². The average Bonchev–Trinajstić information content (AvgIpc) is 2.58. The molecule has 0 radical (unpaired) electrons. The monoisotopic (exact) mass is 303 g/mol. The molecule has 0 aliphatic rings. The zero-order valence-corrected chi connectivity index (χ0v) is 13.0. The molecule has 0 fully saturated rings. The number of anilines is 1. The van der Waals surface area contributed by atoms with Crippen molar-refractivity contribution >= 4 is 18.8 Å². The Kier molecular flexibility index (Phi) is 9.51. The number of para-hydroxylation sites is 2. The highest BCUT2D eigenvalue weighted by Crippen LogP contribution is 2.23. The van der Waals surface area contributed by atoms with E-state index in [1.807, 2.05) is 50.0 Å². The molecule has 0 aliphatic carbocycles. The molecule has 5 heteroatoms. The predicted molar refractivity (Wildman–Crippen MR) is 87.9 cm³/mol. The number of phenolic OH excluding ortho intramolecular Hbond substituents is 1. The van der Waals surface area contributed by atoms with E-state index in [-0.39, 0.29) is 5.75 Å². The summed E-state index contributed by atoms with van der Waals surface area (Å²) in [6.07, 6.45) is 0.847. The van der Waals surface area contributed by atoms with Crippen LogP contribution in [0.1, 0.15) is 10.4 Å². The van der Waals surface area contributed by atoms with Crippen molar-refractivity contribution in [3.05, 3.63) is 54.1 Å². The minimum absolute atomic E-state index is 0.181. The topological polar surface area (TPSA) is 66.8 Å². The molecule has 118 valence electrons. The maximum absolute atomic E-state index is 10.3. The van der Waals surface area contributed by atoms with Crippen LogP contribution < -0.4 is 9.64 Å². The lowest BCUT2D eigenvalue weighted by molar-refractivity contribution is -0.0980. The lowest BCUT2D eigenvalue weighted by Gasteiger charge is -2.11. The molecule has 0 bridgehead atoms. The van der Waals surface area contributed by atoms with Crippen LogP contribution in [0.5, 0.6) is 11.5 Å². The third-order valence-electron chi connectivity index (χ3n) is 2.63. The first-order valence-corrected chi connectivity index (χ1v) is 6.42. The zero-order valence-electron chi connectivity index (χ0n) is 13.0. The molecule has 0 heterocycles. The van der Waals surface area contributed by atoms with Crippen molar-refractivity contribution in [2.45, 2.75) is 0 Å². The SMILES string of the molecule is C=O.CN(C)c1ccc(C=O)cc1.COc1ccccc1O. The Morgan fingerprint density at radius 1 is 1.05 bits per heavy atom. The third kappa shape index (κ3) is 6.56. The summed E-state index contributed by atoms with van der Waals surface area (Å²) >= 11 is 0. The quantitative estimate of drug-likeness (QED) is 0.883. The van der Waals surface area contributed by atoms with E-state index in [1.165, 1.54) is 7.11 Å². The van der Waals surface area contributed by atoms with Crippen LogP contribution in [0.25, 0.3) is 0 Å². The maximum atomic E-state index is 10.3. The highest BCUT2D eigenvalue weighted by molar-refractivity contribution is 5.75. The number of phenols is 1. The molecule has 0 spiro atoms. The van der Waals surface area contributed by atoms with Gasteiger partial charge in [-0.2, -0.15) is 0 Å². The van der Waals surface area contributed by atoms with Gasteiger partial charge in [0.25, 0.3) is 0 Å². The number of hydrogen-bond donors (Lipinski definition) is 1. The summed E-state index contributed by atoms with van der Waals surface area (Å²) in [5, 5.41) is 8.99. The Labute approximate surface area is 130 Å². The normalized spacial score (nSPS) is 8.50. The van der Waals surface area contributed by atoms with Crippen molar-refractivity contribution in [1.29, 1.82) is 0 Å². The molecule has 1 N–H and O–H groups in total. The van der Waals surface area contributed by atoms with Gasteiger partial charge in [-0.3, -0.25) is 4.79 Å².